The van der Waals surface area contributed by atoms with Crippen LogP contribution in [0.3, 0.4) is 0 Å². The highest BCUT2D eigenvalue weighted by Crippen LogP contribution is 2.57. The lowest BCUT2D eigenvalue weighted by Gasteiger charge is -2.62. The summed E-state index contributed by atoms with van der Waals surface area (Å²) in [4.78, 5) is 33.7. The highest BCUT2D eigenvalue weighted by molar-refractivity contribution is 5.93. The zero-order valence-electron chi connectivity index (χ0n) is 16.0. The van der Waals surface area contributed by atoms with Crippen LogP contribution in [0, 0.1) is 17.7 Å². The SMILES string of the molecule is O=C(NC12CC3CC(C1)CC(NC(=O)c1ccc(F)cn1)(C3)C2)c1ccccn1. The molecule has 2 N–H and O–H groups in total. The van der Waals surface area contributed by atoms with E-state index in [1.807, 2.05) is 0 Å². The Morgan fingerprint density at radius 2 is 1.52 bits per heavy atom. The van der Waals surface area contributed by atoms with Gasteiger partial charge in [0.25, 0.3) is 11.8 Å². The number of rotatable bonds is 4. The summed E-state index contributed by atoms with van der Waals surface area (Å²) in [6.45, 7) is 0. The van der Waals surface area contributed by atoms with E-state index in [2.05, 4.69) is 20.6 Å². The van der Waals surface area contributed by atoms with Crippen LogP contribution in [0.25, 0.3) is 0 Å². The summed E-state index contributed by atoms with van der Waals surface area (Å²) < 4.78 is 13.1. The largest absolute Gasteiger partial charge is 0.345 e. The molecule has 4 bridgehead atoms. The van der Waals surface area contributed by atoms with Gasteiger partial charge in [-0.1, -0.05) is 6.07 Å². The molecule has 4 aliphatic carbocycles. The number of nitrogens with zero attached hydrogens (tertiary/aromatic N) is 2. The van der Waals surface area contributed by atoms with Gasteiger partial charge >= 0.3 is 0 Å². The normalized spacial score (nSPS) is 32.0. The van der Waals surface area contributed by atoms with Gasteiger partial charge in [0.1, 0.15) is 17.2 Å². The Morgan fingerprint density at radius 1 is 0.897 bits per heavy atom. The van der Waals surface area contributed by atoms with Crippen LogP contribution in [-0.4, -0.2) is 32.9 Å². The molecule has 6 rings (SSSR count). The van der Waals surface area contributed by atoms with Gasteiger partial charge in [-0.25, -0.2) is 9.37 Å². The van der Waals surface area contributed by atoms with Crippen LogP contribution < -0.4 is 10.6 Å². The molecule has 0 radical (unpaired) electrons. The van der Waals surface area contributed by atoms with Crippen LogP contribution >= 0.6 is 0 Å². The monoisotopic (exact) mass is 394 g/mol. The van der Waals surface area contributed by atoms with E-state index in [-0.39, 0.29) is 28.6 Å². The molecule has 2 aromatic heterocycles. The number of nitrogens with one attached hydrogen (secondary N) is 2. The lowest BCUT2D eigenvalue weighted by atomic mass is 9.49. The van der Waals surface area contributed by atoms with E-state index >= 15 is 0 Å². The van der Waals surface area contributed by atoms with Gasteiger partial charge in [-0.05, 0) is 74.6 Å². The van der Waals surface area contributed by atoms with Crippen LogP contribution in [0.15, 0.2) is 42.7 Å². The maximum atomic E-state index is 13.1. The van der Waals surface area contributed by atoms with E-state index in [1.54, 1.807) is 24.4 Å². The van der Waals surface area contributed by atoms with Crippen molar-refractivity contribution in [3.63, 3.8) is 0 Å². The molecule has 2 heterocycles. The van der Waals surface area contributed by atoms with Crippen molar-refractivity contribution in [1.82, 2.24) is 20.6 Å². The first-order valence-corrected chi connectivity index (χ1v) is 10.1. The first-order valence-electron chi connectivity index (χ1n) is 10.1. The average molecular weight is 394 g/mol. The van der Waals surface area contributed by atoms with Gasteiger partial charge in [0, 0.05) is 17.3 Å². The van der Waals surface area contributed by atoms with Crippen molar-refractivity contribution in [2.45, 2.75) is 49.6 Å². The van der Waals surface area contributed by atoms with Gasteiger partial charge in [0.2, 0.25) is 0 Å². The molecule has 6 nitrogen and oxygen atoms in total. The second-order valence-electron chi connectivity index (χ2n) is 9.01. The second kappa shape index (κ2) is 6.61. The van der Waals surface area contributed by atoms with E-state index in [0.717, 1.165) is 38.3 Å². The highest BCUT2D eigenvalue weighted by Gasteiger charge is 2.58. The fourth-order valence-electron chi connectivity index (χ4n) is 6.17. The van der Waals surface area contributed by atoms with E-state index in [9.17, 15) is 14.0 Å². The molecular formula is C22H23FN4O2. The number of hydrogen-bond donors (Lipinski definition) is 2. The van der Waals surface area contributed by atoms with Crippen LogP contribution in [-0.2, 0) is 0 Å². The minimum atomic E-state index is -0.465. The van der Waals surface area contributed by atoms with Crippen LogP contribution in [0.2, 0.25) is 0 Å². The molecule has 4 aliphatic rings. The van der Waals surface area contributed by atoms with Crippen molar-refractivity contribution in [2.24, 2.45) is 11.8 Å². The average Bonchev–Trinajstić information content (AvgIpc) is 2.67. The molecule has 2 amide bonds. The standard InChI is InChI=1S/C22H23FN4O2/c23-16-4-5-18(25-12-16)20(29)27-22-10-14-7-15(11-22)9-21(8-14,13-22)26-19(28)17-3-1-2-6-24-17/h1-6,12,14-15H,7-11,13H2,(H,26,28)(H,27,29). The zero-order chi connectivity index (χ0) is 20.1. The third-order valence-electron chi connectivity index (χ3n) is 6.68. The molecule has 7 heteroatoms. The number of hydrogen-bond acceptors (Lipinski definition) is 4. The predicted octanol–water partition coefficient (Wildman–Crippen LogP) is 2.87. The Kier molecular flexibility index (Phi) is 4.15. The summed E-state index contributed by atoms with van der Waals surface area (Å²) in [5.74, 6) is 0.0449. The lowest BCUT2D eigenvalue weighted by Crippen LogP contribution is -2.69. The molecule has 4 fully saturated rings. The summed E-state index contributed by atoms with van der Waals surface area (Å²) >= 11 is 0. The fourth-order valence-corrected chi connectivity index (χ4v) is 6.17. The summed E-state index contributed by atoms with van der Waals surface area (Å²) in [7, 11) is 0. The van der Waals surface area contributed by atoms with Crippen LogP contribution in [0.4, 0.5) is 4.39 Å². The zero-order valence-corrected chi connectivity index (χ0v) is 16.0. The first kappa shape index (κ1) is 18.2. The molecular weight excluding hydrogens is 371 g/mol. The Balaban J connectivity index is 1.37. The Morgan fingerprint density at radius 3 is 2.03 bits per heavy atom. The molecule has 0 spiro atoms. The van der Waals surface area contributed by atoms with Crippen molar-refractivity contribution in [3.05, 3.63) is 59.9 Å². The minimum Gasteiger partial charge on any atom is -0.345 e. The van der Waals surface area contributed by atoms with Crippen molar-refractivity contribution in [3.8, 4) is 0 Å². The van der Waals surface area contributed by atoms with Gasteiger partial charge in [-0.2, -0.15) is 0 Å². The fraction of sp³-hybridized carbons (Fsp3) is 0.455. The molecule has 150 valence electrons. The van der Waals surface area contributed by atoms with E-state index in [0.29, 0.717) is 24.0 Å². The number of amides is 2. The highest BCUT2D eigenvalue weighted by atomic mass is 19.1. The maximum Gasteiger partial charge on any atom is 0.270 e. The summed E-state index contributed by atoms with van der Waals surface area (Å²) in [5.41, 5.74) is -0.0397. The van der Waals surface area contributed by atoms with Crippen LogP contribution in [0.1, 0.15) is 59.5 Å². The molecule has 29 heavy (non-hydrogen) atoms. The molecule has 0 aromatic carbocycles. The smallest absolute Gasteiger partial charge is 0.270 e. The van der Waals surface area contributed by atoms with Crippen molar-refractivity contribution < 1.29 is 14.0 Å². The quantitative estimate of drug-likeness (QED) is 0.835. The Hall–Kier alpha value is -2.83. The second-order valence-corrected chi connectivity index (χ2v) is 9.01. The summed E-state index contributed by atoms with van der Waals surface area (Å²) in [5, 5.41) is 6.48. The van der Waals surface area contributed by atoms with E-state index < -0.39 is 5.82 Å². The summed E-state index contributed by atoms with van der Waals surface area (Å²) in [6.07, 6.45) is 8.24. The lowest BCUT2D eigenvalue weighted by molar-refractivity contribution is -0.0449. The third kappa shape index (κ3) is 3.39. The van der Waals surface area contributed by atoms with Crippen molar-refractivity contribution in [1.29, 1.82) is 0 Å². The van der Waals surface area contributed by atoms with Crippen LogP contribution in [0.5, 0.6) is 0 Å². The third-order valence-corrected chi connectivity index (χ3v) is 6.68. The predicted molar refractivity (Wildman–Crippen MR) is 104 cm³/mol. The van der Waals surface area contributed by atoms with E-state index in [4.69, 9.17) is 0 Å². The Bertz CT molecular complexity index is 933. The number of carbonyl (C=O) groups excluding carboxylic acids is 2. The van der Waals surface area contributed by atoms with E-state index in [1.165, 1.54) is 12.1 Å². The number of aromatic nitrogens is 2. The van der Waals surface area contributed by atoms with Gasteiger partial charge < -0.3 is 10.6 Å². The van der Waals surface area contributed by atoms with Gasteiger partial charge in [-0.15, -0.1) is 0 Å². The molecule has 2 unspecified atom stereocenters. The molecule has 0 aliphatic heterocycles. The minimum absolute atomic E-state index is 0.158. The topological polar surface area (TPSA) is 84.0 Å². The summed E-state index contributed by atoms with van der Waals surface area (Å²) in [6, 6.07) is 7.96. The molecule has 2 aromatic rings. The maximum absolute atomic E-state index is 13.1. The number of pyridine rings is 2. The number of carbonyl (C=O) groups is 2. The van der Waals surface area contributed by atoms with Gasteiger partial charge in [-0.3, -0.25) is 14.6 Å². The Labute approximate surface area is 168 Å². The molecule has 2 atom stereocenters. The molecule has 0 saturated heterocycles. The van der Waals surface area contributed by atoms with Gasteiger partial charge in [0.05, 0.1) is 6.20 Å². The first-order chi connectivity index (χ1) is 13.9. The molecule has 4 saturated carbocycles. The van der Waals surface area contributed by atoms with Crippen molar-refractivity contribution in [2.75, 3.05) is 0 Å². The van der Waals surface area contributed by atoms with Gasteiger partial charge in [0.15, 0.2) is 0 Å². The number of halogens is 1. The van der Waals surface area contributed by atoms with Crippen molar-refractivity contribution >= 4 is 11.8 Å².